The van der Waals surface area contributed by atoms with Crippen molar-refractivity contribution in [2.24, 2.45) is 0 Å². The lowest BCUT2D eigenvalue weighted by Crippen LogP contribution is -1.92. The zero-order valence-corrected chi connectivity index (χ0v) is 10.5. The van der Waals surface area contributed by atoms with Crippen molar-refractivity contribution in [1.82, 2.24) is 4.98 Å². The fourth-order valence-corrected chi connectivity index (χ4v) is 2.28. The average molecular weight is 261 g/mol. The molecule has 0 amide bonds. The molecule has 0 saturated heterocycles. The van der Waals surface area contributed by atoms with Crippen molar-refractivity contribution in [3.63, 3.8) is 0 Å². The fraction of sp³-hybridized carbons (Fsp3) is 0.182. The maximum Gasteiger partial charge on any atom is 0.0921 e. The van der Waals surface area contributed by atoms with Crippen molar-refractivity contribution in [3.05, 3.63) is 38.5 Å². The van der Waals surface area contributed by atoms with Gasteiger partial charge in [-0.2, -0.15) is 0 Å². The number of halogens is 3. The molecule has 0 spiro atoms. The van der Waals surface area contributed by atoms with Gasteiger partial charge in [0, 0.05) is 11.1 Å². The van der Waals surface area contributed by atoms with Gasteiger partial charge in [-0.25, -0.2) is 0 Å². The molecule has 0 N–H and O–H groups in total. The number of hydrogen-bond donors (Lipinski definition) is 0. The zero-order valence-electron chi connectivity index (χ0n) is 8.24. The van der Waals surface area contributed by atoms with E-state index in [1.54, 1.807) is 12.1 Å². The van der Waals surface area contributed by atoms with Crippen molar-refractivity contribution in [2.75, 3.05) is 0 Å². The van der Waals surface area contributed by atoms with Crippen LogP contribution in [-0.4, -0.2) is 4.98 Å². The summed E-state index contributed by atoms with van der Waals surface area (Å²) < 4.78 is 0. The first-order valence-corrected chi connectivity index (χ1v) is 5.56. The topological polar surface area (TPSA) is 12.9 Å². The van der Waals surface area contributed by atoms with E-state index in [2.05, 4.69) is 4.98 Å². The molecule has 1 aromatic carbocycles. The van der Waals surface area contributed by atoms with Crippen molar-refractivity contribution in [2.45, 2.75) is 13.8 Å². The van der Waals surface area contributed by atoms with Crippen LogP contribution in [0.3, 0.4) is 0 Å². The number of nitrogens with zero attached hydrogens (tertiary/aromatic N) is 1. The minimum absolute atomic E-state index is 0.569. The van der Waals surface area contributed by atoms with Crippen LogP contribution in [-0.2, 0) is 0 Å². The van der Waals surface area contributed by atoms with Crippen molar-refractivity contribution in [1.29, 1.82) is 0 Å². The highest BCUT2D eigenvalue weighted by Gasteiger charge is 2.12. The largest absolute Gasteiger partial charge is 0.251 e. The standard InChI is InChI=1S/C11H8Cl3N/c1-5-6(2)15-11-8(13)4-3-7(12)9(11)10(5)14/h3-4H,1-2H3. The van der Waals surface area contributed by atoms with Crippen LogP contribution >= 0.6 is 34.8 Å². The molecule has 0 atom stereocenters. The van der Waals surface area contributed by atoms with Gasteiger partial charge in [0.25, 0.3) is 0 Å². The lowest BCUT2D eigenvalue weighted by atomic mass is 10.1. The Balaban J connectivity index is 3.04. The van der Waals surface area contributed by atoms with Gasteiger partial charge in [0.2, 0.25) is 0 Å². The summed E-state index contributed by atoms with van der Waals surface area (Å²) in [6, 6.07) is 3.46. The Morgan fingerprint density at radius 3 is 2.27 bits per heavy atom. The van der Waals surface area contributed by atoms with E-state index >= 15 is 0 Å². The van der Waals surface area contributed by atoms with Gasteiger partial charge in [-0.15, -0.1) is 0 Å². The molecular weight excluding hydrogens is 252 g/mol. The second-order valence-corrected chi connectivity index (χ2v) is 4.58. The Kier molecular flexibility index (Phi) is 2.80. The van der Waals surface area contributed by atoms with E-state index in [0.717, 1.165) is 16.6 Å². The van der Waals surface area contributed by atoms with Gasteiger partial charge < -0.3 is 0 Å². The molecule has 0 bridgehead atoms. The first kappa shape index (κ1) is 11.0. The fourth-order valence-electron chi connectivity index (χ4n) is 1.46. The predicted octanol–water partition coefficient (Wildman–Crippen LogP) is 4.81. The maximum absolute atomic E-state index is 6.23. The molecule has 2 rings (SSSR count). The number of rotatable bonds is 0. The summed E-state index contributed by atoms with van der Waals surface area (Å²) in [6.45, 7) is 3.82. The predicted molar refractivity (Wildman–Crippen MR) is 66.2 cm³/mol. The zero-order chi connectivity index (χ0) is 11.2. The summed E-state index contributed by atoms with van der Waals surface area (Å²) >= 11 is 18.3. The van der Waals surface area contributed by atoms with Crippen molar-refractivity contribution in [3.8, 4) is 0 Å². The van der Waals surface area contributed by atoms with E-state index in [0.29, 0.717) is 20.6 Å². The monoisotopic (exact) mass is 259 g/mol. The second kappa shape index (κ2) is 3.82. The molecule has 2 aromatic rings. The summed E-state index contributed by atoms with van der Waals surface area (Å²) in [6.07, 6.45) is 0. The van der Waals surface area contributed by atoms with Crippen molar-refractivity contribution < 1.29 is 0 Å². The van der Waals surface area contributed by atoms with Gasteiger partial charge in [0.05, 0.1) is 20.6 Å². The molecule has 15 heavy (non-hydrogen) atoms. The Morgan fingerprint density at radius 1 is 1.00 bits per heavy atom. The molecule has 0 unspecified atom stereocenters. The molecule has 0 aliphatic rings. The van der Waals surface area contributed by atoms with E-state index in [4.69, 9.17) is 34.8 Å². The summed E-state index contributed by atoms with van der Waals surface area (Å²) in [5.74, 6) is 0. The van der Waals surface area contributed by atoms with E-state index in [1.165, 1.54) is 0 Å². The minimum atomic E-state index is 0.569. The molecule has 0 fully saturated rings. The Bertz CT molecular complexity index is 549. The summed E-state index contributed by atoms with van der Waals surface area (Å²) in [7, 11) is 0. The van der Waals surface area contributed by atoms with Crippen LogP contribution < -0.4 is 0 Å². The molecular formula is C11H8Cl3N. The highest BCUT2D eigenvalue weighted by Crippen LogP contribution is 2.36. The molecule has 1 aromatic heterocycles. The van der Waals surface area contributed by atoms with Crippen LogP contribution in [0.25, 0.3) is 10.9 Å². The van der Waals surface area contributed by atoms with Gasteiger partial charge in [0.15, 0.2) is 0 Å². The SMILES string of the molecule is Cc1nc2c(Cl)ccc(Cl)c2c(Cl)c1C. The second-order valence-electron chi connectivity index (χ2n) is 3.39. The smallest absolute Gasteiger partial charge is 0.0921 e. The molecule has 0 radical (unpaired) electrons. The van der Waals surface area contributed by atoms with E-state index < -0.39 is 0 Å². The lowest BCUT2D eigenvalue weighted by molar-refractivity contribution is 1.20. The normalized spacial score (nSPS) is 11.0. The van der Waals surface area contributed by atoms with Gasteiger partial charge in [-0.05, 0) is 31.5 Å². The third kappa shape index (κ3) is 1.69. The van der Waals surface area contributed by atoms with Crippen LogP contribution in [0, 0.1) is 13.8 Å². The Labute approximate surface area is 103 Å². The van der Waals surface area contributed by atoms with Gasteiger partial charge >= 0.3 is 0 Å². The van der Waals surface area contributed by atoms with Crippen LogP contribution in [0.15, 0.2) is 12.1 Å². The Morgan fingerprint density at radius 2 is 1.60 bits per heavy atom. The number of pyridine rings is 1. The molecule has 0 aliphatic carbocycles. The molecule has 0 aliphatic heterocycles. The van der Waals surface area contributed by atoms with Gasteiger partial charge in [-0.1, -0.05) is 34.8 Å². The van der Waals surface area contributed by atoms with Gasteiger partial charge in [-0.3, -0.25) is 4.98 Å². The number of aromatic nitrogens is 1. The first-order valence-electron chi connectivity index (χ1n) is 4.42. The molecule has 1 heterocycles. The summed E-state index contributed by atoms with van der Waals surface area (Å²) in [4.78, 5) is 4.40. The number of aryl methyl sites for hydroxylation is 1. The van der Waals surface area contributed by atoms with Crippen LogP contribution in [0.5, 0.6) is 0 Å². The summed E-state index contributed by atoms with van der Waals surface area (Å²) in [5.41, 5.74) is 2.47. The Hall–Kier alpha value is -0.500. The highest BCUT2D eigenvalue weighted by atomic mass is 35.5. The third-order valence-electron chi connectivity index (χ3n) is 2.45. The quantitative estimate of drug-likeness (QED) is 0.662. The molecule has 1 nitrogen and oxygen atoms in total. The maximum atomic E-state index is 6.23. The molecule has 4 heteroatoms. The van der Waals surface area contributed by atoms with E-state index in [-0.39, 0.29) is 0 Å². The van der Waals surface area contributed by atoms with Gasteiger partial charge in [0.1, 0.15) is 0 Å². The average Bonchev–Trinajstić information content (AvgIpc) is 2.20. The number of benzene rings is 1. The van der Waals surface area contributed by atoms with E-state index in [1.807, 2.05) is 13.8 Å². The van der Waals surface area contributed by atoms with Crippen molar-refractivity contribution >= 4 is 45.7 Å². The van der Waals surface area contributed by atoms with E-state index in [9.17, 15) is 0 Å². The molecule has 78 valence electrons. The lowest BCUT2D eigenvalue weighted by Gasteiger charge is -2.09. The first-order chi connectivity index (χ1) is 7.02. The number of hydrogen-bond acceptors (Lipinski definition) is 1. The third-order valence-corrected chi connectivity index (χ3v) is 3.54. The van der Waals surface area contributed by atoms with Crippen LogP contribution in [0.2, 0.25) is 15.1 Å². The molecule has 0 saturated carbocycles. The van der Waals surface area contributed by atoms with Crippen LogP contribution in [0.4, 0.5) is 0 Å². The number of fused-ring (bicyclic) bond motifs is 1. The minimum Gasteiger partial charge on any atom is -0.251 e. The highest BCUT2D eigenvalue weighted by molar-refractivity contribution is 6.45. The van der Waals surface area contributed by atoms with Crippen LogP contribution in [0.1, 0.15) is 11.3 Å². The summed E-state index contributed by atoms with van der Waals surface area (Å²) in [5, 5.41) is 2.51.